The van der Waals surface area contributed by atoms with Crippen molar-refractivity contribution in [3.8, 4) is 11.5 Å². The largest absolute Gasteiger partial charge is 0.504 e. The fourth-order valence-corrected chi connectivity index (χ4v) is 1.82. The second-order valence-electron chi connectivity index (χ2n) is 4.49. The van der Waals surface area contributed by atoms with E-state index in [1.807, 2.05) is 0 Å². The van der Waals surface area contributed by atoms with E-state index in [9.17, 15) is 18.7 Å². The summed E-state index contributed by atoms with van der Waals surface area (Å²) >= 11 is 0. The average Bonchev–Trinajstić information content (AvgIpc) is 2.50. The molecule has 0 atom stereocenters. The molecule has 0 amide bonds. The van der Waals surface area contributed by atoms with E-state index in [-0.39, 0.29) is 11.3 Å². The van der Waals surface area contributed by atoms with Crippen LogP contribution < -0.4 is 4.74 Å². The molecule has 0 radical (unpaired) electrons. The van der Waals surface area contributed by atoms with Gasteiger partial charge in [-0.25, -0.2) is 8.78 Å². The van der Waals surface area contributed by atoms with Crippen molar-refractivity contribution in [3.05, 3.63) is 65.2 Å². The van der Waals surface area contributed by atoms with Gasteiger partial charge in [-0.15, -0.1) is 0 Å². The Morgan fingerprint density at radius 1 is 1.18 bits per heavy atom. The molecule has 3 nitrogen and oxygen atoms in total. The average molecular weight is 304 g/mol. The Morgan fingerprint density at radius 3 is 2.64 bits per heavy atom. The van der Waals surface area contributed by atoms with Gasteiger partial charge < -0.3 is 9.84 Å². The minimum Gasteiger partial charge on any atom is -0.504 e. The maximum absolute atomic E-state index is 13.1. The van der Waals surface area contributed by atoms with Gasteiger partial charge in [0.15, 0.2) is 28.9 Å². The van der Waals surface area contributed by atoms with Gasteiger partial charge in [-0.05, 0) is 48.9 Å². The molecule has 0 saturated heterocycles. The summed E-state index contributed by atoms with van der Waals surface area (Å²) in [4.78, 5) is 11.9. The molecule has 0 saturated carbocycles. The standard InChI is InChI=1S/C17H14F2O3/c1-2-22-17-9-11(4-8-16(17)21)3-7-15(20)12-5-6-13(18)14(19)10-12/h3-10,21H,2H2,1H3/b7-3+. The minimum atomic E-state index is -1.07. The number of ketones is 1. The first-order valence-electron chi connectivity index (χ1n) is 6.64. The van der Waals surface area contributed by atoms with Crippen LogP contribution in [0.2, 0.25) is 0 Å². The van der Waals surface area contributed by atoms with E-state index < -0.39 is 17.4 Å². The van der Waals surface area contributed by atoms with Gasteiger partial charge in [-0.2, -0.15) is 0 Å². The highest BCUT2D eigenvalue weighted by atomic mass is 19.2. The van der Waals surface area contributed by atoms with Crippen LogP contribution >= 0.6 is 0 Å². The van der Waals surface area contributed by atoms with Crippen LogP contribution in [0.1, 0.15) is 22.8 Å². The fraction of sp³-hybridized carbons (Fsp3) is 0.118. The molecule has 0 aliphatic carbocycles. The van der Waals surface area contributed by atoms with Gasteiger partial charge in [-0.1, -0.05) is 12.1 Å². The highest BCUT2D eigenvalue weighted by molar-refractivity contribution is 6.06. The Bertz CT molecular complexity index is 724. The number of halogens is 2. The van der Waals surface area contributed by atoms with E-state index in [1.165, 1.54) is 24.3 Å². The third-order valence-electron chi connectivity index (χ3n) is 2.91. The molecular weight excluding hydrogens is 290 g/mol. The summed E-state index contributed by atoms with van der Waals surface area (Å²) in [5, 5.41) is 9.58. The summed E-state index contributed by atoms with van der Waals surface area (Å²) in [5.41, 5.74) is 0.691. The molecule has 114 valence electrons. The van der Waals surface area contributed by atoms with Crippen LogP contribution in [0.15, 0.2) is 42.5 Å². The number of benzene rings is 2. The highest BCUT2D eigenvalue weighted by Gasteiger charge is 2.07. The van der Waals surface area contributed by atoms with Crippen LogP contribution in [0.4, 0.5) is 8.78 Å². The van der Waals surface area contributed by atoms with Crippen molar-refractivity contribution >= 4 is 11.9 Å². The molecule has 22 heavy (non-hydrogen) atoms. The summed E-state index contributed by atoms with van der Waals surface area (Å²) in [6.45, 7) is 2.18. The number of rotatable bonds is 5. The topological polar surface area (TPSA) is 46.5 Å². The Morgan fingerprint density at radius 2 is 1.95 bits per heavy atom. The maximum Gasteiger partial charge on any atom is 0.185 e. The molecule has 0 fully saturated rings. The number of aromatic hydroxyl groups is 1. The SMILES string of the molecule is CCOc1cc(/C=C/C(=O)c2ccc(F)c(F)c2)ccc1O. The Hall–Kier alpha value is -2.69. The van der Waals surface area contributed by atoms with Crippen molar-refractivity contribution in [2.75, 3.05) is 6.61 Å². The first-order valence-corrected chi connectivity index (χ1v) is 6.64. The summed E-state index contributed by atoms with van der Waals surface area (Å²) in [6, 6.07) is 7.61. The van der Waals surface area contributed by atoms with E-state index in [4.69, 9.17) is 4.74 Å². The van der Waals surface area contributed by atoms with E-state index in [0.717, 1.165) is 12.1 Å². The zero-order valence-corrected chi connectivity index (χ0v) is 11.8. The molecule has 0 spiro atoms. The van der Waals surface area contributed by atoms with Crippen molar-refractivity contribution in [2.45, 2.75) is 6.92 Å². The first kappa shape index (κ1) is 15.7. The molecule has 0 aliphatic rings. The molecular formula is C17H14F2O3. The monoisotopic (exact) mass is 304 g/mol. The smallest absolute Gasteiger partial charge is 0.185 e. The molecule has 0 aliphatic heterocycles. The molecule has 5 heteroatoms. The number of carbonyl (C=O) groups is 1. The quantitative estimate of drug-likeness (QED) is 0.671. The predicted molar refractivity (Wildman–Crippen MR) is 79.0 cm³/mol. The lowest BCUT2D eigenvalue weighted by atomic mass is 10.1. The van der Waals surface area contributed by atoms with Crippen molar-refractivity contribution in [2.24, 2.45) is 0 Å². The predicted octanol–water partition coefficient (Wildman–Crippen LogP) is 3.97. The van der Waals surface area contributed by atoms with Gasteiger partial charge in [0.2, 0.25) is 0 Å². The number of hydrogen-bond donors (Lipinski definition) is 1. The van der Waals surface area contributed by atoms with Crippen molar-refractivity contribution < 1.29 is 23.4 Å². The van der Waals surface area contributed by atoms with E-state index in [2.05, 4.69) is 0 Å². The summed E-state index contributed by atoms with van der Waals surface area (Å²) < 4.78 is 31.2. The summed E-state index contributed by atoms with van der Waals surface area (Å²) in [6.07, 6.45) is 2.75. The van der Waals surface area contributed by atoms with E-state index in [0.29, 0.717) is 17.9 Å². The third kappa shape index (κ3) is 3.69. The number of allylic oxidation sites excluding steroid dienone is 1. The van der Waals surface area contributed by atoms with E-state index >= 15 is 0 Å². The Balaban J connectivity index is 2.18. The number of phenolic OH excluding ortho intramolecular Hbond substituents is 1. The number of hydrogen-bond acceptors (Lipinski definition) is 3. The molecule has 1 N–H and O–H groups in total. The minimum absolute atomic E-state index is 0.00549. The molecule has 2 aromatic rings. The second-order valence-corrected chi connectivity index (χ2v) is 4.49. The lowest BCUT2D eigenvalue weighted by molar-refractivity contribution is 0.104. The van der Waals surface area contributed by atoms with Gasteiger partial charge in [0.1, 0.15) is 0 Å². The Labute approximate surface area is 126 Å². The zero-order chi connectivity index (χ0) is 16.1. The molecule has 0 bridgehead atoms. The van der Waals surface area contributed by atoms with Crippen LogP contribution in [0.25, 0.3) is 6.08 Å². The normalized spacial score (nSPS) is 10.9. The third-order valence-corrected chi connectivity index (χ3v) is 2.91. The van der Waals surface area contributed by atoms with Gasteiger partial charge in [0.25, 0.3) is 0 Å². The zero-order valence-electron chi connectivity index (χ0n) is 11.8. The van der Waals surface area contributed by atoms with Crippen LogP contribution in [0.5, 0.6) is 11.5 Å². The van der Waals surface area contributed by atoms with Crippen LogP contribution in [0, 0.1) is 11.6 Å². The lowest BCUT2D eigenvalue weighted by Crippen LogP contribution is -1.96. The molecule has 0 unspecified atom stereocenters. The molecule has 0 heterocycles. The Kier molecular flexibility index (Phi) is 4.88. The van der Waals surface area contributed by atoms with Gasteiger partial charge in [0.05, 0.1) is 6.61 Å². The first-order chi connectivity index (χ1) is 10.5. The van der Waals surface area contributed by atoms with Crippen molar-refractivity contribution in [1.82, 2.24) is 0 Å². The van der Waals surface area contributed by atoms with E-state index in [1.54, 1.807) is 19.1 Å². The van der Waals surface area contributed by atoms with Gasteiger partial charge in [-0.3, -0.25) is 4.79 Å². The number of carbonyl (C=O) groups excluding carboxylic acids is 1. The van der Waals surface area contributed by atoms with Crippen molar-refractivity contribution in [3.63, 3.8) is 0 Å². The maximum atomic E-state index is 13.1. The highest BCUT2D eigenvalue weighted by Crippen LogP contribution is 2.27. The van der Waals surface area contributed by atoms with Crippen LogP contribution in [-0.4, -0.2) is 17.5 Å². The molecule has 0 aromatic heterocycles. The molecule has 2 aromatic carbocycles. The van der Waals surface area contributed by atoms with Gasteiger partial charge >= 0.3 is 0 Å². The second kappa shape index (κ2) is 6.85. The number of ether oxygens (including phenoxy) is 1. The summed E-state index contributed by atoms with van der Waals surface area (Å²) in [7, 11) is 0. The van der Waals surface area contributed by atoms with Crippen molar-refractivity contribution in [1.29, 1.82) is 0 Å². The summed E-state index contributed by atoms with van der Waals surface area (Å²) in [5.74, 6) is -2.20. The van der Waals surface area contributed by atoms with Crippen LogP contribution in [0.3, 0.4) is 0 Å². The van der Waals surface area contributed by atoms with Crippen LogP contribution in [-0.2, 0) is 0 Å². The number of phenols is 1. The lowest BCUT2D eigenvalue weighted by Gasteiger charge is -2.06. The molecule has 2 rings (SSSR count). The fourth-order valence-electron chi connectivity index (χ4n) is 1.82. The van der Waals surface area contributed by atoms with Gasteiger partial charge in [0, 0.05) is 5.56 Å².